The molecule has 1 saturated carbocycles. The van der Waals surface area contributed by atoms with E-state index in [9.17, 15) is 9.59 Å². The molecule has 9 heteroatoms. The van der Waals surface area contributed by atoms with Gasteiger partial charge in [-0.1, -0.05) is 11.2 Å². The molecule has 2 saturated heterocycles. The van der Waals surface area contributed by atoms with Gasteiger partial charge in [0.2, 0.25) is 5.91 Å². The molecule has 3 aliphatic rings. The van der Waals surface area contributed by atoms with Gasteiger partial charge in [0.05, 0.1) is 12.7 Å². The SMILES string of the molecule is O=C1CN(C(=O)c2cc(C3CC3)on2)CC(OCc2cccnc2)CN1CC1CCOCC1. The van der Waals surface area contributed by atoms with Crippen LogP contribution in [0.15, 0.2) is 35.1 Å². The van der Waals surface area contributed by atoms with Gasteiger partial charge in [-0.25, -0.2) is 0 Å². The van der Waals surface area contributed by atoms with Crippen LogP contribution in [0.25, 0.3) is 0 Å². The van der Waals surface area contributed by atoms with Crippen molar-refractivity contribution in [3.05, 3.63) is 47.6 Å². The van der Waals surface area contributed by atoms with E-state index in [4.69, 9.17) is 14.0 Å². The molecule has 4 heterocycles. The van der Waals surface area contributed by atoms with Gasteiger partial charge in [-0.2, -0.15) is 0 Å². The lowest BCUT2D eigenvalue weighted by atomic mass is 9.99. The van der Waals surface area contributed by atoms with Crippen LogP contribution in [-0.2, 0) is 20.9 Å². The zero-order chi connectivity index (χ0) is 22.6. The van der Waals surface area contributed by atoms with Crippen LogP contribution in [0.3, 0.4) is 0 Å². The number of aromatic nitrogens is 2. The molecule has 1 unspecified atom stereocenters. The van der Waals surface area contributed by atoms with Crippen LogP contribution in [0.5, 0.6) is 0 Å². The minimum absolute atomic E-state index is 0.0143. The van der Waals surface area contributed by atoms with Crippen molar-refractivity contribution in [3.8, 4) is 0 Å². The summed E-state index contributed by atoms with van der Waals surface area (Å²) < 4.78 is 17.0. The minimum Gasteiger partial charge on any atom is -0.381 e. The molecule has 1 aliphatic carbocycles. The highest BCUT2D eigenvalue weighted by Gasteiger charge is 2.35. The molecule has 9 nitrogen and oxygen atoms in total. The topological polar surface area (TPSA) is 98.0 Å². The third kappa shape index (κ3) is 5.59. The molecule has 0 aromatic carbocycles. The lowest BCUT2D eigenvalue weighted by Crippen LogP contribution is -2.42. The van der Waals surface area contributed by atoms with Gasteiger partial charge in [-0.05, 0) is 43.2 Å². The normalized spacial score (nSPS) is 22.4. The molecule has 33 heavy (non-hydrogen) atoms. The Morgan fingerprint density at radius 2 is 2.03 bits per heavy atom. The van der Waals surface area contributed by atoms with Crippen molar-refractivity contribution >= 4 is 11.8 Å². The van der Waals surface area contributed by atoms with E-state index in [2.05, 4.69) is 10.1 Å². The Labute approximate surface area is 193 Å². The van der Waals surface area contributed by atoms with Crippen LogP contribution in [0.2, 0.25) is 0 Å². The summed E-state index contributed by atoms with van der Waals surface area (Å²) in [5.41, 5.74) is 1.21. The fourth-order valence-electron chi connectivity index (χ4n) is 4.47. The van der Waals surface area contributed by atoms with Gasteiger partial charge in [0.15, 0.2) is 5.69 Å². The van der Waals surface area contributed by atoms with Crippen molar-refractivity contribution in [3.63, 3.8) is 0 Å². The Kier molecular flexibility index (Phi) is 6.68. The third-order valence-electron chi connectivity index (χ3n) is 6.57. The van der Waals surface area contributed by atoms with Crippen LogP contribution in [0, 0.1) is 5.92 Å². The van der Waals surface area contributed by atoms with Gasteiger partial charge in [0.1, 0.15) is 12.3 Å². The summed E-state index contributed by atoms with van der Waals surface area (Å²) in [7, 11) is 0. The number of nitrogens with zero attached hydrogens (tertiary/aromatic N) is 4. The second kappa shape index (κ2) is 10.0. The quantitative estimate of drug-likeness (QED) is 0.633. The maximum absolute atomic E-state index is 13.2. The molecular weight excluding hydrogens is 424 g/mol. The smallest absolute Gasteiger partial charge is 0.276 e. The van der Waals surface area contributed by atoms with E-state index in [0.29, 0.717) is 38.1 Å². The molecule has 2 amide bonds. The van der Waals surface area contributed by atoms with Crippen LogP contribution in [-0.4, -0.2) is 77.3 Å². The number of rotatable bonds is 7. The summed E-state index contributed by atoms with van der Waals surface area (Å²) in [6.45, 7) is 3.28. The standard InChI is InChI=1S/C24H30N4O5/c29-23-15-28(24(30)21-10-22(33-26-21)19-3-4-19)14-20(32-16-18-2-1-7-25-11-18)13-27(23)12-17-5-8-31-9-6-17/h1-2,7,10-11,17,19-20H,3-6,8-9,12-16H2. The monoisotopic (exact) mass is 454 g/mol. The number of hydrogen-bond donors (Lipinski definition) is 0. The molecule has 2 aromatic rings. The fraction of sp³-hybridized carbons (Fsp3) is 0.583. The first kappa shape index (κ1) is 22.0. The van der Waals surface area contributed by atoms with Crippen molar-refractivity contribution < 1.29 is 23.6 Å². The van der Waals surface area contributed by atoms with Crippen LogP contribution in [0.4, 0.5) is 0 Å². The van der Waals surface area contributed by atoms with E-state index in [-0.39, 0.29) is 30.2 Å². The molecule has 2 aromatic heterocycles. The highest BCUT2D eigenvalue weighted by molar-refractivity contribution is 5.95. The number of hydrogen-bond acceptors (Lipinski definition) is 7. The Balaban J connectivity index is 1.30. The Hall–Kier alpha value is -2.78. The fourth-order valence-corrected chi connectivity index (χ4v) is 4.47. The average molecular weight is 455 g/mol. The van der Waals surface area contributed by atoms with E-state index in [1.54, 1.807) is 23.4 Å². The first-order valence-electron chi connectivity index (χ1n) is 11.8. The molecule has 5 rings (SSSR count). The highest BCUT2D eigenvalue weighted by Crippen LogP contribution is 2.40. The minimum atomic E-state index is -0.310. The molecule has 2 aliphatic heterocycles. The second-order valence-corrected chi connectivity index (χ2v) is 9.22. The summed E-state index contributed by atoms with van der Waals surface area (Å²) in [5, 5.41) is 3.99. The van der Waals surface area contributed by atoms with E-state index in [1.807, 2.05) is 17.0 Å². The first-order chi connectivity index (χ1) is 16.2. The summed E-state index contributed by atoms with van der Waals surface area (Å²) >= 11 is 0. The lowest BCUT2D eigenvalue weighted by molar-refractivity contribution is -0.132. The van der Waals surface area contributed by atoms with Crippen molar-refractivity contribution in [2.24, 2.45) is 5.92 Å². The zero-order valence-corrected chi connectivity index (χ0v) is 18.7. The predicted molar refractivity (Wildman–Crippen MR) is 117 cm³/mol. The Morgan fingerprint density at radius 1 is 1.18 bits per heavy atom. The Morgan fingerprint density at radius 3 is 2.79 bits per heavy atom. The van der Waals surface area contributed by atoms with Crippen molar-refractivity contribution in [2.45, 2.75) is 44.3 Å². The summed E-state index contributed by atoms with van der Waals surface area (Å²) in [6.07, 6.45) is 7.19. The molecule has 0 spiro atoms. The largest absolute Gasteiger partial charge is 0.381 e. The van der Waals surface area contributed by atoms with Crippen LogP contribution >= 0.6 is 0 Å². The maximum Gasteiger partial charge on any atom is 0.276 e. The highest BCUT2D eigenvalue weighted by atomic mass is 16.5. The van der Waals surface area contributed by atoms with Crippen molar-refractivity contribution in [1.82, 2.24) is 19.9 Å². The van der Waals surface area contributed by atoms with Crippen LogP contribution in [0.1, 0.15) is 53.4 Å². The second-order valence-electron chi connectivity index (χ2n) is 9.22. The molecular formula is C24H30N4O5. The maximum atomic E-state index is 13.2. The van der Waals surface area contributed by atoms with E-state index >= 15 is 0 Å². The molecule has 0 bridgehead atoms. The van der Waals surface area contributed by atoms with Gasteiger partial charge in [0.25, 0.3) is 5.91 Å². The van der Waals surface area contributed by atoms with Crippen molar-refractivity contribution in [1.29, 1.82) is 0 Å². The van der Waals surface area contributed by atoms with E-state index < -0.39 is 0 Å². The molecule has 0 radical (unpaired) electrons. The number of carbonyl (C=O) groups excluding carboxylic acids is 2. The molecule has 0 N–H and O–H groups in total. The lowest BCUT2D eigenvalue weighted by Gasteiger charge is -2.30. The predicted octanol–water partition coefficient (Wildman–Crippen LogP) is 2.24. The average Bonchev–Trinajstić information content (AvgIpc) is 3.60. The van der Waals surface area contributed by atoms with Crippen molar-refractivity contribution in [2.75, 3.05) is 39.4 Å². The number of carbonyl (C=O) groups is 2. The van der Waals surface area contributed by atoms with Gasteiger partial charge in [-0.3, -0.25) is 14.6 Å². The number of ether oxygens (including phenoxy) is 2. The van der Waals surface area contributed by atoms with Gasteiger partial charge in [-0.15, -0.1) is 0 Å². The third-order valence-corrected chi connectivity index (χ3v) is 6.57. The number of amides is 2. The summed E-state index contributed by atoms with van der Waals surface area (Å²) in [6, 6.07) is 5.54. The Bertz CT molecular complexity index is 955. The van der Waals surface area contributed by atoms with Gasteiger partial charge < -0.3 is 23.8 Å². The van der Waals surface area contributed by atoms with Gasteiger partial charge >= 0.3 is 0 Å². The van der Waals surface area contributed by atoms with Crippen LogP contribution < -0.4 is 0 Å². The zero-order valence-electron chi connectivity index (χ0n) is 18.7. The molecule has 176 valence electrons. The molecule has 3 fully saturated rings. The molecule has 1 atom stereocenters. The van der Waals surface area contributed by atoms with Gasteiger partial charge in [0, 0.05) is 57.2 Å². The van der Waals surface area contributed by atoms with E-state index in [0.717, 1.165) is 50.2 Å². The van der Waals surface area contributed by atoms with E-state index in [1.165, 1.54) is 0 Å². The first-order valence-corrected chi connectivity index (χ1v) is 11.8. The number of pyridine rings is 1. The summed E-state index contributed by atoms with van der Waals surface area (Å²) in [4.78, 5) is 33.9. The summed E-state index contributed by atoms with van der Waals surface area (Å²) in [5.74, 6) is 1.18.